The molecule has 0 radical (unpaired) electrons. The Morgan fingerprint density at radius 2 is 1.76 bits per heavy atom. The number of benzene rings is 2. The summed E-state index contributed by atoms with van der Waals surface area (Å²) in [6, 6.07) is 10.6. The van der Waals surface area contributed by atoms with Gasteiger partial charge in [-0.3, -0.25) is 14.6 Å². The molecule has 1 heterocycles. The molecule has 0 fully saturated rings. The minimum atomic E-state index is -1.33. The van der Waals surface area contributed by atoms with Gasteiger partial charge in [-0.15, -0.1) is 0 Å². The van der Waals surface area contributed by atoms with E-state index in [2.05, 4.69) is 36.5 Å². The molecular weight excluding hydrogens is 492 g/mol. The van der Waals surface area contributed by atoms with Crippen molar-refractivity contribution in [1.82, 2.24) is 15.3 Å². The number of aromatic nitrogens is 2. The van der Waals surface area contributed by atoms with E-state index in [1.165, 1.54) is 6.20 Å². The number of amides is 2. The molecule has 2 aromatic carbocycles. The summed E-state index contributed by atoms with van der Waals surface area (Å²) in [5.74, 6) is -2.30. The van der Waals surface area contributed by atoms with E-state index in [4.69, 9.17) is 0 Å². The number of aliphatic carboxylic acids is 1. The first-order valence-electron chi connectivity index (χ1n) is 9.90. The van der Waals surface area contributed by atoms with Crippen LogP contribution >= 0.6 is 15.9 Å². The zero-order valence-electron chi connectivity index (χ0n) is 17.8. The maximum absolute atomic E-state index is 12.9. The number of carboxylic acid groups (broad SMARTS) is 1. The highest BCUT2D eigenvalue weighted by molar-refractivity contribution is 9.10. The SMILES string of the molecule is Cc1cccc(C)c1C(=O)Nc1[nH]c(=O)ncc1CC(NC(=O)c1cccc(Br)c1)C(=O)O. The summed E-state index contributed by atoms with van der Waals surface area (Å²) in [4.78, 5) is 55.2. The zero-order valence-corrected chi connectivity index (χ0v) is 19.4. The molecule has 0 spiro atoms. The Bertz CT molecular complexity index is 1270. The second kappa shape index (κ2) is 10.2. The van der Waals surface area contributed by atoms with Gasteiger partial charge in [-0.1, -0.05) is 40.2 Å². The molecule has 3 aromatic rings. The number of H-pyrrole nitrogens is 1. The first-order valence-corrected chi connectivity index (χ1v) is 10.7. The number of carboxylic acids is 1. The summed E-state index contributed by atoms with van der Waals surface area (Å²) in [5, 5.41) is 14.8. The van der Waals surface area contributed by atoms with Crippen LogP contribution < -0.4 is 16.3 Å². The van der Waals surface area contributed by atoms with Crippen LogP contribution in [0.1, 0.15) is 37.4 Å². The fourth-order valence-electron chi connectivity index (χ4n) is 3.33. The van der Waals surface area contributed by atoms with Crippen molar-refractivity contribution in [3.05, 3.63) is 91.4 Å². The maximum atomic E-state index is 12.9. The molecule has 4 N–H and O–H groups in total. The van der Waals surface area contributed by atoms with Gasteiger partial charge in [-0.25, -0.2) is 14.6 Å². The molecule has 0 aliphatic carbocycles. The molecule has 0 aliphatic rings. The quantitative estimate of drug-likeness (QED) is 0.383. The number of halogens is 1. The van der Waals surface area contributed by atoms with E-state index < -0.39 is 29.5 Å². The number of carbonyl (C=O) groups excluding carboxylic acids is 2. The van der Waals surface area contributed by atoms with Gasteiger partial charge in [0.25, 0.3) is 11.8 Å². The molecular formula is C23H21BrN4O5. The van der Waals surface area contributed by atoms with Gasteiger partial charge in [0.05, 0.1) is 0 Å². The lowest BCUT2D eigenvalue weighted by atomic mass is 10.0. The molecule has 33 heavy (non-hydrogen) atoms. The normalized spacial score (nSPS) is 11.5. The molecule has 1 unspecified atom stereocenters. The number of hydrogen-bond donors (Lipinski definition) is 4. The van der Waals surface area contributed by atoms with E-state index in [0.29, 0.717) is 10.0 Å². The lowest BCUT2D eigenvalue weighted by molar-refractivity contribution is -0.139. The van der Waals surface area contributed by atoms with Crippen LogP contribution in [-0.4, -0.2) is 38.9 Å². The summed E-state index contributed by atoms with van der Waals surface area (Å²) in [6.45, 7) is 3.58. The standard InChI is InChI=1S/C23H21BrN4O5/c1-12-5-3-6-13(2)18(12)21(30)27-19-15(11-25-23(33)28-19)10-17(22(31)32)26-20(29)14-7-4-8-16(24)9-14/h3-9,11,17H,10H2,1-2H3,(H,26,29)(H,31,32)(H2,25,27,28,30,33). The second-order valence-electron chi connectivity index (χ2n) is 7.39. The van der Waals surface area contributed by atoms with Crippen LogP contribution in [-0.2, 0) is 11.2 Å². The number of carbonyl (C=O) groups is 3. The van der Waals surface area contributed by atoms with Crippen molar-refractivity contribution in [2.45, 2.75) is 26.3 Å². The second-order valence-corrected chi connectivity index (χ2v) is 8.30. The summed E-state index contributed by atoms with van der Waals surface area (Å²) >= 11 is 3.27. The Morgan fingerprint density at radius 3 is 2.39 bits per heavy atom. The van der Waals surface area contributed by atoms with Crippen molar-refractivity contribution in [2.24, 2.45) is 0 Å². The third-order valence-corrected chi connectivity index (χ3v) is 5.44. The lowest BCUT2D eigenvalue weighted by Crippen LogP contribution is -2.42. The third kappa shape index (κ3) is 5.92. The van der Waals surface area contributed by atoms with E-state index in [-0.39, 0.29) is 23.4 Å². The number of aryl methyl sites for hydroxylation is 2. The topological polar surface area (TPSA) is 141 Å². The number of anilines is 1. The average molecular weight is 513 g/mol. The van der Waals surface area contributed by atoms with Crippen molar-refractivity contribution < 1.29 is 19.5 Å². The van der Waals surface area contributed by atoms with Crippen molar-refractivity contribution in [2.75, 3.05) is 5.32 Å². The Labute approximate surface area is 197 Å². The minimum absolute atomic E-state index is 0.0191. The largest absolute Gasteiger partial charge is 0.480 e. The van der Waals surface area contributed by atoms with Gasteiger partial charge in [-0.05, 0) is 43.2 Å². The smallest absolute Gasteiger partial charge is 0.346 e. The molecule has 10 heteroatoms. The number of aromatic amines is 1. The highest BCUT2D eigenvalue weighted by atomic mass is 79.9. The fraction of sp³-hybridized carbons (Fsp3) is 0.174. The predicted molar refractivity (Wildman–Crippen MR) is 125 cm³/mol. The van der Waals surface area contributed by atoms with Crippen molar-refractivity contribution in [3.63, 3.8) is 0 Å². The number of nitrogens with zero attached hydrogens (tertiary/aromatic N) is 1. The molecule has 3 rings (SSSR count). The van der Waals surface area contributed by atoms with Crippen LogP contribution in [0.2, 0.25) is 0 Å². The Kier molecular flexibility index (Phi) is 7.39. The van der Waals surface area contributed by atoms with Gasteiger partial charge in [-0.2, -0.15) is 0 Å². The van der Waals surface area contributed by atoms with Gasteiger partial charge in [0.1, 0.15) is 11.9 Å². The predicted octanol–water partition coefficient (Wildman–Crippen LogP) is 2.83. The third-order valence-electron chi connectivity index (χ3n) is 4.95. The van der Waals surface area contributed by atoms with Crippen LogP contribution in [0.3, 0.4) is 0 Å². The van der Waals surface area contributed by atoms with E-state index in [0.717, 1.165) is 11.1 Å². The highest BCUT2D eigenvalue weighted by Crippen LogP contribution is 2.18. The van der Waals surface area contributed by atoms with Gasteiger partial charge >= 0.3 is 11.7 Å². The van der Waals surface area contributed by atoms with E-state index in [9.17, 15) is 24.3 Å². The van der Waals surface area contributed by atoms with E-state index in [1.807, 2.05) is 6.07 Å². The number of rotatable bonds is 7. The monoisotopic (exact) mass is 512 g/mol. The molecule has 170 valence electrons. The summed E-state index contributed by atoms with van der Waals surface area (Å²) < 4.78 is 0.670. The van der Waals surface area contributed by atoms with Gasteiger partial charge < -0.3 is 15.7 Å². The van der Waals surface area contributed by atoms with Crippen molar-refractivity contribution in [1.29, 1.82) is 0 Å². The molecule has 0 saturated heterocycles. The van der Waals surface area contributed by atoms with Crippen LogP contribution in [0.15, 0.2) is 57.9 Å². The summed E-state index contributed by atoms with van der Waals surface area (Å²) in [5.41, 5.74) is 1.75. The number of hydrogen-bond acceptors (Lipinski definition) is 5. The highest BCUT2D eigenvalue weighted by Gasteiger charge is 2.24. The van der Waals surface area contributed by atoms with Crippen LogP contribution in [0.5, 0.6) is 0 Å². The van der Waals surface area contributed by atoms with Crippen LogP contribution in [0, 0.1) is 13.8 Å². The first-order chi connectivity index (χ1) is 15.7. The summed E-state index contributed by atoms with van der Waals surface area (Å²) in [7, 11) is 0. The Hall–Kier alpha value is -3.79. The molecule has 0 aliphatic heterocycles. The average Bonchev–Trinajstić information content (AvgIpc) is 2.74. The molecule has 1 atom stereocenters. The Morgan fingerprint density at radius 1 is 1.09 bits per heavy atom. The molecule has 0 bridgehead atoms. The van der Waals surface area contributed by atoms with Gasteiger partial charge in [0.15, 0.2) is 0 Å². The molecule has 1 aromatic heterocycles. The zero-order chi connectivity index (χ0) is 24.1. The van der Waals surface area contributed by atoms with Crippen molar-refractivity contribution >= 4 is 39.5 Å². The number of nitrogens with one attached hydrogen (secondary N) is 3. The first kappa shape index (κ1) is 23.9. The molecule has 9 nitrogen and oxygen atoms in total. The molecule has 0 saturated carbocycles. The lowest BCUT2D eigenvalue weighted by Gasteiger charge is -2.17. The van der Waals surface area contributed by atoms with Gasteiger partial charge in [0.2, 0.25) is 0 Å². The van der Waals surface area contributed by atoms with Crippen molar-refractivity contribution in [3.8, 4) is 0 Å². The Balaban J connectivity index is 1.86. The fourth-order valence-corrected chi connectivity index (χ4v) is 3.73. The maximum Gasteiger partial charge on any atom is 0.346 e. The van der Waals surface area contributed by atoms with Crippen LogP contribution in [0.25, 0.3) is 0 Å². The van der Waals surface area contributed by atoms with E-state index >= 15 is 0 Å². The van der Waals surface area contributed by atoms with E-state index in [1.54, 1.807) is 50.2 Å². The van der Waals surface area contributed by atoms with Gasteiger partial charge in [0, 0.05) is 33.8 Å². The summed E-state index contributed by atoms with van der Waals surface area (Å²) in [6.07, 6.45) is 0.960. The molecule has 2 amide bonds. The van der Waals surface area contributed by atoms with Crippen LogP contribution in [0.4, 0.5) is 5.82 Å². The minimum Gasteiger partial charge on any atom is -0.480 e.